The Morgan fingerprint density at radius 1 is 1.16 bits per heavy atom. The summed E-state index contributed by atoms with van der Waals surface area (Å²) in [5, 5.41) is 2.97. The molecule has 172 valence electrons. The number of rotatable bonds is 6. The lowest BCUT2D eigenvalue weighted by molar-refractivity contribution is 0.0954. The number of benzene rings is 2. The maximum atomic E-state index is 13.1. The molecule has 0 radical (unpaired) electrons. The van der Waals surface area contributed by atoms with Crippen molar-refractivity contribution in [3.63, 3.8) is 0 Å². The Morgan fingerprint density at radius 2 is 1.94 bits per heavy atom. The second kappa shape index (κ2) is 9.68. The molecule has 1 atom stereocenters. The van der Waals surface area contributed by atoms with Crippen LogP contribution >= 0.6 is 11.6 Å². The standard InChI is InChI=1S/C23H27ClN2O5S/c1-16-3-2-10-26(15-16)32(28,29)22-14-18(5-6-19(22)24)23(27)25-9-8-17-4-7-20-21(13-17)31-12-11-30-20/h4-7,13-14,16H,2-3,8-12,15H2,1H3,(H,25,27)/t16-/m0/s1. The van der Waals surface area contributed by atoms with Gasteiger partial charge in [-0.25, -0.2) is 8.42 Å². The number of amides is 1. The zero-order valence-electron chi connectivity index (χ0n) is 18.0. The number of carbonyl (C=O) groups is 1. The molecule has 2 aromatic rings. The molecule has 4 rings (SSSR count). The lowest BCUT2D eigenvalue weighted by Gasteiger charge is -2.30. The molecule has 0 unspecified atom stereocenters. The first-order valence-corrected chi connectivity index (χ1v) is 12.6. The summed E-state index contributed by atoms with van der Waals surface area (Å²) in [6.07, 6.45) is 2.43. The van der Waals surface area contributed by atoms with Crippen LogP contribution in [0.1, 0.15) is 35.7 Å². The summed E-state index contributed by atoms with van der Waals surface area (Å²) in [6.45, 7) is 4.42. The van der Waals surface area contributed by atoms with Crippen LogP contribution in [0.2, 0.25) is 5.02 Å². The predicted octanol–water partition coefficient (Wildman–Crippen LogP) is 3.50. The average molecular weight is 479 g/mol. The first kappa shape index (κ1) is 22.9. The van der Waals surface area contributed by atoms with Crippen molar-refractivity contribution < 1.29 is 22.7 Å². The maximum absolute atomic E-state index is 13.1. The lowest BCUT2D eigenvalue weighted by Crippen LogP contribution is -2.39. The Kier molecular flexibility index (Phi) is 6.93. The molecule has 0 aromatic heterocycles. The van der Waals surface area contributed by atoms with Crippen LogP contribution in [-0.2, 0) is 16.4 Å². The minimum Gasteiger partial charge on any atom is -0.486 e. The Labute approximate surface area is 193 Å². The molecule has 9 heteroatoms. The summed E-state index contributed by atoms with van der Waals surface area (Å²) in [5.74, 6) is 1.38. The van der Waals surface area contributed by atoms with Gasteiger partial charge < -0.3 is 14.8 Å². The largest absolute Gasteiger partial charge is 0.486 e. The Bertz CT molecular complexity index is 1110. The first-order valence-electron chi connectivity index (χ1n) is 10.8. The molecule has 0 bridgehead atoms. The number of carbonyl (C=O) groups excluding carboxylic acids is 1. The van der Waals surface area contributed by atoms with Crippen molar-refractivity contribution in [2.45, 2.75) is 31.1 Å². The molecule has 2 aromatic carbocycles. The van der Waals surface area contributed by atoms with E-state index < -0.39 is 10.0 Å². The molecule has 0 saturated carbocycles. The summed E-state index contributed by atoms with van der Waals surface area (Å²) in [7, 11) is -3.76. The van der Waals surface area contributed by atoms with Crippen LogP contribution in [0, 0.1) is 5.92 Å². The van der Waals surface area contributed by atoms with Crippen molar-refractivity contribution >= 4 is 27.5 Å². The molecule has 1 saturated heterocycles. The van der Waals surface area contributed by atoms with Gasteiger partial charge in [-0.05, 0) is 61.1 Å². The van der Waals surface area contributed by atoms with Gasteiger partial charge in [0, 0.05) is 25.2 Å². The van der Waals surface area contributed by atoms with E-state index in [-0.39, 0.29) is 21.4 Å². The van der Waals surface area contributed by atoms with Crippen molar-refractivity contribution in [3.05, 3.63) is 52.5 Å². The predicted molar refractivity (Wildman–Crippen MR) is 122 cm³/mol. The van der Waals surface area contributed by atoms with Crippen molar-refractivity contribution in [2.75, 3.05) is 32.8 Å². The number of hydrogen-bond acceptors (Lipinski definition) is 5. The molecule has 2 heterocycles. The molecule has 1 fully saturated rings. The summed E-state index contributed by atoms with van der Waals surface area (Å²) in [5.41, 5.74) is 1.27. The zero-order valence-corrected chi connectivity index (χ0v) is 19.5. The molecule has 1 amide bonds. The number of nitrogens with one attached hydrogen (secondary N) is 1. The summed E-state index contributed by atoms with van der Waals surface area (Å²) < 4.78 is 38.8. The van der Waals surface area contributed by atoms with Crippen molar-refractivity contribution in [1.29, 1.82) is 0 Å². The molecular formula is C23H27ClN2O5S. The van der Waals surface area contributed by atoms with Gasteiger partial charge in [0.15, 0.2) is 11.5 Å². The fraction of sp³-hybridized carbons (Fsp3) is 0.435. The summed E-state index contributed by atoms with van der Waals surface area (Å²) in [6, 6.07) is 10.1. The number of sulfonamides is 1. The molecule has 7 nitrogen and oxygen atoms in total. The third-order valence-corrected chi connectivity index (χ3v) is 8.08. The highest BCUT2D eigenvalue weighted by atomic mass is 35.5. The van der Waals surface area contributed by atoms with Gasteiger partial charge in [-0.1, -0.05) is 24.6 Å². The fourth-order valence-corrected chi connectivity index (χ4v) is 6.11. The van der Waals surface area contributed by atoms with Gasteiger partial charge in [-0.2, -0.15) is 4.31 Å². The SMILES string of the molecule is C[C@H]1CCCN(S(=O)(=O)c2cc(C(=O)NCCc3ccc4c(c3)OCCO4)ccc2Cl)C1. The lowest BCUT2D eigenvalue weighted by atomic mass is 10.0. The highest BCUT2D eigenvalue weighted by Gasteiger charge is 2.31. The number of nitrogens with zero attached hydrogens (tertiary/aromatic N) is 1. The number of piperidine rings is 1. The number of halogens is 1. The van der Waals surface area contributed by atoms with E-state index >= 15 is 0 Å². The van der Waals surface area contributed by atoms with E-state index in [4.69, 9.17) is 21.1 Å². The summed E-state index contributed by atoms with van der Waals surface area (Å²) >= 11 is 6.22. The number of fused-ring (bicyclic) bond motifs is 1. The fourth-order valence-electron chi connectivity index (χ4n) is 4.01. The third-order valence-electron chi connectivity index (χ3n) is 5.74. The van der Waals surface area contributed by atoms with Gasteiger partial charge in [0.2, 0.25) is 10.0 Å². The van der Waals surface area contributed by atoms with Gasteiger partial charge in [-0.3, -0.25) is 4.79 Å². The molecule has 0 spiro atoms. The average Bonchev–Trinajstić information content (AvgIpc) is 2.79. The Balaban J connectivity index is 1.42. The van der Waals surface area contributed by atoms with E-state index in [0.717, 1.165) is 24.2 Å². The molecule has 2 aliphatic rings. The number of ether oxygens (including phenoxy) is 2. The van der Waals surface area contributed by atoms with Gasteiger partial charge in [0.25, 0.3) is 5.91 Å². The van der Waals surface area contributed by atoms with Crippen molar-refractivity contribution in [2.24, 2.45) is 5.92 Å². The van der Waals surface area contributed by atoms with Crippen molar-refractivity contribution in [3.8, 4) is 11.5 Å². The van der Waals surface area contributed by atoms with Gasteiger partial charge in [-0.15, -0.1) is 0 Å². The van der Waals surface area contributed by atoms with Crippen LogP contribution in [0.5, 0.6) is 11.5 Å². The minimum atomic E-state index is -3.76. The normalized spacial score (nSPS) is 18.9. The van der Waals surface area contributed by atoms with Crippen LogP contribution in [0.25, 0.3) is 0 Å². The van der Waals surface area contributed by atoms with E-state index in [2.05, 4.69) is 5.32 Å². The van der Waals surface area contributed by atoms with Crippen molar-refractivity contribution in [1.82, 2.24) is 9.62 Å². The van der Waals surface area contributed by atoms with E-state index in [1.807, 2.05) is 25.1 Å². The molecule has 1 N–H and O–H groups in total. The monoisotopic (exact) mass is 478 g/mol. The molecular weight excluding hydrogens is 452 g/mol. The topological polar surface area (TPSA) is 84.9 Å². The Morgan fingerprint density at radius 3 is 2.72 bits per heavy atom. The van der Waals surface area contributed by atoms with E-state index in [0.29, 0.717) is 50.9 Å². The van der Waals surface area contributed by atoms with Gasteiger partial charge in [0.1, 0.15) is 18.1 Å². The molecule has 0 aliphatic carbocycles. The first-order chi connectivity index (χ1) is 15.3. The third kappa shape index (κ3) is 5.03. The second-order valence-corrected chi connectivity index (χ2v) is 10.6. The smallest absolute Gasteiger partial charge is 0.251 e. The van der Waals surface area contributed by atoms with Gasteiger partial charge >= 0.3 is 0 Å². The Hall–Kier alpha value is -2.29. The quantitative estimate of drug-likeness (QED) is 0.686. The van der Waals surface area contributed by atoms with Crippen LogP contribution < -0.4 is 14.8 Å². The minimum absolute atomic E-state index is 0.0206. The van der Waals surface area contributed by atoms with E-state index in [1.54, 1.807) is 6.07 Å². The maximum Gasteiger partial charge on any atom is 0.251 e. The van der Waals surface area contributed by atoms with Crippen LogP contribution in [0.4, 0.5) is 0 Å². The van der Waals surface area contributed by atoms with Crippen LogP contribution in [-0.4, -0.2) is 51.5 Å². The number of hydrogen-bond donors (Lipinski definition) is 1. The van der Waals surface area contributed by atoms with E-state index in [1.165, 1.54) is 16.4 Å². The highest BCUT2D eigenvalue weighted by molar-refractivity contribution is 7.89. The zero-order chi connectivity index (χ0) is 22.7. The van der Waals surface area contributed by atoms with Crippen LogP contribution in [0.15, 0.2) is 41.3 Å². The van der Waals surface area contributed by atoms with Crippen LogP contribution in [0.3, 0.4) is 0 Å². The van der Waals surface area contributed by atoms with E-state index in [9.17, 15) is 13.2 Å². The highest BCUT2D eigenvalue weighted by Crippen LogP contribution is 2.31. The second-order valence-electron chi connectivity index (χ2n) is 8.24. The molecule has 32 heavy (non-hydrogen) atoms. The molecule has 2 aliphatic heterocycles. The summed E-state index contributed by atoms with van der Waals surface area (Å²) in [4.78, 5) is 12.7. The van der Waals surface area contributed by atoms with Gasteiger partial charge in [0.05, 0.1) is 5.02 Å².